The minimum absolute atomic E-state index is 0.341. The molecule has 3 aromatic rings. The van der Waals surface area contributed by atoms with E-state index >= 15 is 4.39 Å². The van der Waals surface area contributed by atoms with Crippen molar-refractivity contribution in [1.29, 1.82) is 0 Å². The molecule has 32 heavy (non-hydrogen) atoms. The van der Waals surface area contributed by atoms with Gasteiger partial charge in [-0.05, 0) is 50.5 Å². The molecule has 168 valence electrons. The first-order valence-electron chi connectivity index (χ1n) is 11.2. The molecule has 0 amide bonds. The van der Waals surface area contributed by atoms with E-state index in [4.69, 9.17) is 0 Å². The van der Waals surface area contributed by atoms with Gasteiger partial charge in [0.15, 0.2) is 11.5 Å². The number of aromatic nitrogens is 3. The van der Waals surface area contributed by atoms with Crippen molar-refractivity contribution in [3.8, 4) is 0 Å². The van der Waals surface area contributed by atoms with Crippen molar-refractivity contribution >= 4 is 5.82 Å². The van der Waals surface area contributed by atoms with E-state index in [1.165, 1.54) is 5.56 Å². The van der Waals surface area contributed by atoms with E-state index in [1.807, 2.05) is 18.2 Å². The van der Waals surface area contributed by atoms with E-state index in [9.17, 15) is 5.11 Å². The molecule has 0 unspecified atom stereocenters. The SMILES string of the molecule is Cc1c(Cc2ccccc2)nnc(N2CCC(F)(c3ccc(C(C)(C)O)cn3)CC2)c1C. The summed E-state index contributed by atoms with van der Waals surface area (Å²) in [6, 6.07) is 13.7. The second-order valence-corrected chi connectivity index (χ2v) is 9.33. The molecule has 0 radical (unpaired) electrons. The number of hydrogen-bond donors (Lipinski definition) is 1. The molecule has 3 heterocycles. The lowest BCUT2D eigenvalue weighted by molar-refractivity contribution is 0.0775. The maximum atomic E-state index is 15.7. The summed E-state index contributed by atoms with van der Waals surface area (Å²) in [7, 11) is 0. The van der Waals surface area contributed by atoms with Crippen LogP contribution in [0.25, 0.3) is 0 Å². The van der Waals surface area contributed by atoms with Crippen LogP contribution in [0.15, 0.2) is 48.7 Å². The lowest BCUT2D eigenvalue weighted by Crippen LogP contribution is -2.41. The number of halogens is 1. The zero-order valence-corrected chi connectivity index (χ0v) is 19.3. The Morgan fingerprint density at radius 1 is 1.00 bits per heavy atom. The molecule has 0 saturated carbocycles. The van der Waals surface area contributed by atoms with E-state index in [0.29, 0.717) is 37.2 Å². The van der Waals surface area contributed by atoms with Gasteiger partial charge in [-0.15, -0.1) is 5.10 Å². The van der Waals surface area contributed by atoms with Gasteiger partial charge < -0.3 is 10.0 Å². The van der Waals surface area contributed by atoms with E-state index in [-0.39, 0.29) is 0 Å². The number of pyridine rings is 1. The molecular weight excluding hydrogens is 403 g/mol. The third-order valence-electron chi connectivity index (χ3n) is 6.60. The van der Waals surface area contributed by atoms with Crippen molar-refractivity contribution in [2.45, 2.75) is 58.2 Å². The molecule has 4 rings (SSSR count). The fourth-order valence-electron chi connectivity index (χ4n) is 4.25. The highest BCUT2D eigenvalue weighted by molar-refractivity contribution is 5.51. The van der Waals surface area contributed by atoms with Gasteiger partial charge in [0.05, 0.1) is 17.0 Å². The van der Waals surface area contributed by atoms with Crippen molar-refractivity contribution in [3.05, 3.63) is 82.3 Å². The van der Waals surface area contributed by atoms with Crippen molar-refractivity contribution in [3.63, 3.8) is 0 Å². The monoisotopic (exact) mass is 434 g/mol. The van der Waals surface area contributed by atoms with Crippen LogP contribution in [-0.2, 0) is 17.7 Å². The molecule has 1 N–H and O–H groups in total. The van der Waals surface area contributed by atoms with Crippen LogP contribution >= 0.6 is 0 Å². The van der Waals surface area contributed by atoms with E-state index in [1.54, 1.807) is 32.2 Å². The highest BCUT2D eigenvalue weighted by Gasteiger charge is 2.38. The Bertz CT molecular complexity index is 1070. The normalized spacial score (nSPS) is 16.2. The quantitative estimate of drug-likeness (QED) is 0.627. The average Bonchev–Trinajstić information content (AvgIpc) is 2.78. The number of piperidine rings is 1. The van der Waals surface area contributed by atoms with Crippen LogP contribution in [0.3, 0.4) is 0 Å². The lowest BCUT2D eigenvalue weighted by Gasteiger charge is -2.37. The maximum Gasteiger partial charge on any atom is 0.156 e. The number of alkyl halides is 1. The van der Waals surface area contributed by atoms with Gasteiger partial charge in [-0.1, -0.05) is 36.4 Å². The summed E-state index contributed by atoms with van der Waals surface area (Å²) in [4.78, 5) is 6.47. The topological polar surface area (TPSA) is 62.1 Å². The molecule has 1 aliphatic heterocycles. The second-order valence-electron chi connectivity index (χ2n) is 9.33. The molecule has 0 bridgehead atoms. The van der Waals surface area contributed by atoms with Crippen LogP contribution in [-0.4, -0.2) is 33.4 Å². The highest BCUT2D eigenvalue weighted by atomic mass is 19.1. The summed E-state index contributed by atoms with van der Waals surface area (Å²) in [5.74, 6) is 0.840. The van der Waals surface area contributed by atoms with Crippen LogP contribution in [0, 0.1) is 13.8 Å². The van der Waals surface area contributed by atoms with Gasteiger partial charge in [0.25, 0.3) is 0 Å². The molecule has 1 fully saturated rings. The Morgan fingerprint density at radius 2 is 1.69 bits per heavy atom. The molecule has 1 saturated heterocycles. The van der Waals surface area contributed by atoms with Crippen LogP contribution < -0.4 is 4.90 Å². The maximum absolute atomic E-state index is 15.7. The van der Waals surface area contributed by atoms with Crippen LogP contribution in [0.4, 0.5) is 10.2 Å². The number of aliphatic hydroxyl groups is 1. The molecule has 6 heteroatoms. The fourth-order valence-corrected chi connectivity index (χ4v) is 4.25. The van der Waals surface area contributed by atoms with Crippen LogP contribution in [0.1, 0.15) is 60.3 Å². The minimum atomic E-state index is -1.47. The number of hydrogen-bond acceptors (Lipinski definition) is 5. The average molecular weight is 435 g/mol. The van der Waals surface area contributed by atoms with Gasteiger partial charge >= 0.3 is 0 Å². The van der Waals surface area contributed by atoms with Gasteiger partial charge in [-0.2, -0.15) is 5.10 Å². The number of rotatable bonds is 5. The molecule has 5 nitrogen and oxygen atoms in total. The van der Waals surface area contributed by atoms with E-state index < -0.39 is 11.3 Å². The summed E-state index contributed by atoms with van der Waals surface area (Å²) >= 11 is 0. The summed E-state index contributed by atoms with van der Waals surface area (Å²) in [6.07, 6.45) is 3.01. The second kappa shape index (κ2) is 8.58. The van der Waals surface area contributed by atoms with Crippen LogP contribution in [0.5, 0.6) is 0 Å². The third kappa shape index (κ3) is 4.51. The smallest absolute Gasteiger partial charge is 0.156 e. The molecule has 2 aromatic heterocycles. The van der Waals surface area contributed by atoms with Crippen molar-refractivity contribution in [2.24, 2.45) is 0 Å². The molecular formula is C26H31FN4O. The third-order valence-corrected chi connectivity index (χ3v) is 6.60. The van der Waals surface area contributed by atoms with Crippen molar-refractivity contribution in [2.75, 3.05) is 18.0 Å². The predicted molar refractivity (Wildman–Crippen MR) is 124 cm³/mol. The standard InChI is InChI=1S/C26H31FN4O/c1-18-19(2)24(30-29-22(18)16-20-8-6-5-7-9-20)31-14-12-26(27,13-15-31)23-11-10-21(17-28-23)25(3,4)32/h5-11,17,32H,12-16H2,1-4H3. The zero-order valence-electron chi connectivity index (χ0n) is 19.3. The molecule has 1 aromatic carbocycles. The zero-order chi connectivity index (χ0) is 22.9. The Morgan fingerprint density at radius 3 is 2.28 bits per heavy atom. The Labute approximate surface area is 189 Å². The molecule has 0 aliphatic carbocycles. The largest absolute Gasteiger partial charge is 0.386 e. The van der Waals surface area contributed by atoms with Gasteiger partial charge in [-0.3, -0.25) is 4.98 Å². The molecule has 0 spiro atoms. The van der Waals surface area contributed by atoms with Crippen molar-refractivity contribution < 1.29 is 9.50 Å². The predicted octanol–water partition coefficient (Wildman–Crippen LogP) is 4.77. The van der Waals surface area contributed by atoms with Gasteiger partial charge in [0.2, 0.25) is 0 Å². The van der Waals surface area contributed by atoms with Crippen molar-refractivity contribution in [1.82, 2.24) is 15.2 Å². The van der Waals surface area contributed by atoms with Crippen LogP contribution in [0.2, 0.25) is 0 Å². The molecule has 0 atom stereocenters. The van der Waals surface area contributed by atoms with E-state index in [0.717, 1.165) is 29.1 Å². The minimum Gasteiger partial charge on any atom is -0.386 e. The first-order chi connectivity index (χ1) is 15.2. The lowest BCUT2D eigenvalue weighted by atomic mass is 9.88. The number of nitrogens with zero attached hydrogens (tertiary/aromatic N) is 4. The Hall–Kier alpha value is -2.86. The summed E-state index contributed by atoms with van der Waals surface area (Å²) in [5.41, 5.74) is 3.08. The fraction of sp³-hybridized carbons (Fsp3) is 0.423. The number of benzene rings is 1. The Kier molecular flexibility index (Phi) is 5.99. The highest BCUT2D eigenvalue weighted by Crippen LogP contribution is 2.38. The number of anilines is 1. The van der Waals surface area contributed by atoms with Gasteiger partial charge in [0.1, 0.15) is 0 Å². The molecule has 1 aliphatic rings. The summed E-state index contributed by atoms with van der Waals surface area (Å²) in [6.45, 7) is 8.66. The summed E-state index contributed by atoms with van der Waals surface area (Å²) < 4.78 is 15.7. The summed E-state index contributed by atoms with van der Waals surface area (Å²) in [5, 5.41) is 19.2. The first kappa shape index (κ1) is 22.3. The van der Waals surface area contributed by atoms with Gasteiger partial charge in [0, 0.05) is 44.1 Å². The van der Waals surface area contributed by atoms with E-state index in [2.05, 4.69) is 46.1 Å². The van der Waals surface area contributed by atoms with Gasteiger partial charge in [-0.25, -0.2) is 4.39 Å². The first-order valence-corrected chi connectivity index (χ1v) is 11.2. The Balaban J connectivity index is 1.47.